The standard InChI is InChI=1S/C12H16ClFN2O2S/c13-10-6-5-9(14)8-11(10)19(17,18)16-7-3-1-2-4-12(16)15/h5-6,8,12H,1-4,7,15H2. The summed E-state index contributed by atoms with van der Waals surface area (Å²) in [4.78, 5) is -0.216. The Morgan fingerprint density at radius 2 is 2.05 bits per heavy atom. The predicted molar refractivity (Wildman–Crippen MR) is 71.7 cm³/mol. The second-order valence-electron chi connectivity index (χ2n) is 4.61. The van der Waals surface area contributed by atoms with Gasteiger partial charge in [0.1, 0.15) is 10.7 Å². The maximum absolute atomic E-state index is 13.2. The molecule has 0 aliphatic carbocycles. The Hall–Kier alpha value is -0.690. The van der Waals surface area contributed by atoms with E-state index in [0.29, 0.717) is 13.0 Å². The Morgan fingerprint density at radius 3 is 2.79 bits per heavy atom. The summed E-state index contributed by atoms with van der Waals surface area (Å²) >= 11 is 5.88. The lowest BCUT2D eigenvalue weighted by Gasteiger charge is -2.26. The molecule has 1 saturated heterocycles. The van der Waals surface area contributed by atoms with Crippen LogP contribution in [0.3, 0.4) is 0 Å². The van der Waals surface area contributed by atoms with Crippen LogP contribution in [0.25, 0.3) is 0 Å². The first-order chi connectivity index (χ1) is 8.93. The number of nitrogens with zero attached hydrogens (tertiary/aromatic N) is 1. The second-order valence-corrected chi connectivity index (χ2v) is 6.87. The number of halogens is 2. The van der Waals surface area contributed by atoms with Crippen molar-refractivity contribution in [2.75, 3.05) is 6.54 Å². The van der Waals surface area contributed by atoms with Gasteiger partial charge in [0.2, 0.25) is 10.0 Å². The third-order valence-corrected chi connectivity index (χ3v) is 5.63. The molecular weight excluding hydrogens is 291 g/mol. The van der Waals surface area contributed by atoms with Crippen LogP contribution >= 0.6 is 11.6 Å². The summed E-state index contributed by atoms with van der Waals surface area (Å²) in [6.07, 6.45) is 2.61. The van der Waals surface area contributed by atoms with E-state index in [9.17, 15) is 12.8 Å². The molecule has 106 valence electrons. The second kappa shape index (κ2) is 5.75. The third kappa shape index (κ3) is 3.08. The van der Waals surface area contributed by atoms with Gasteiger partial charge in [-0.3, -0.25) is 0 Å². The summed E-state index contributed by atoms with van der Waals surface area (Å²) in [7, 11) is -3.85. The molecule has 2 N–H and O–H groups in total. The number of benzene rings is 1. The molecule has 1 aromatic rings. The van der Waals surface area contributed by atoms with Gasteiger partial charge < -0.3 is 5.73 Å². The van der Waals surface area contributed by atoms with Crippen molar-refractivity contribution in [1.29, 1.82) is 0 Å². The zero-order chi connectivity index (χ0) is 14.0. The van der Waals surface area contributed by atoms with Crippen molar-refractivity contribution >= 4 is 21.6 Å². The minimum absolute atomic E-state index is 0.0119. The Kier molecular flexibility index (Phi) is 4.45. The van der Waals surface area contributed by atoms with Crippen LogP contribution < -0.4 is 5.73 Å². The monoisotopic (exact) mass is 306 g/mol. The van der Waals surface area contributed by atoms with Crippen molar-refractivity contribution in [1.82, 2.24) is 4.31 Å². The van der Waals surface area contributed by atoms with Crippen LogP contribution in [-0.4, -0.2) is 25.4 Å². The van der Waals surface area contributed by atoms with Gasteiger partial charge in [0.25, 0.3) is 0 Å². The molecule has 2 rings (SSSR count). The zero-order valence-electron chi connectivity index (χ0n) is 10.4. The van der Waals surface area contributed by atoms with E-state index in [1.54, 1.807) is 0 Å². The van der Waals surface area contributed by atoms with E-state index < -0.39 is 22.0 Å². The van der Waals surface area contributed by atoms with Crippen LogP contribution in [0.1, 0.15) is 25.7 Å². The van der Waals surface area contributed by atoms with Gasteiger partial charge in [-0.05, 0) is 31.0 Å². The average Bonchev–Trinajstić information content (AvgIpc) is 2.57. The van der Waals surface area contributed by atoms with Gasteiger partial charge in [0, 0.05) is 6.54 Å². The molecule has 1 aliphatic heterocycles. The van der Waals surface area contributed by atoms with Gasteiger partial charge in [0.15, 0.2) is 0 Å². The lowest BCUT2D eigenvalue weighted by molar-refractivity contribution is 0.329. The highest BCUT2D eigenvalue weighted by molar-refractivity contribution is 7.89. The highest BCUT2D eigenvalue weighted by Crippen LogP contribution is 2.28. The number of rotatable bonds is 2. The van der Waals surface area contributed by atoms with Crippen LogP contribution in [-0.2, 0) is 10.0 Å². The Bertz CT molecular complexity index is 565. The lowest BCUT2D eigenvalue weighted by Crippen LogP contribution is -2.45. The largest absolute Gasteiger partial charge is 0.315 e. The van der Waals surface area contributed by atoms with E-state index in [2.05, 4.69) is 0 Å². The van der Waals surface area contributed by atoms with Crippen LogP contribution in [0.15, 0.2) is 23.1 Å². The van der Waals surface area contributed by atoms with Crippen LogP contribution in [0.5, 0.6) is 0 Å². The number of nitrogens with two attached hydrogens (primary N) is 1. The van der Waals surface area contributed by atoms with Gasteiger partial charge in [0.05, 0.1) is 11.2 Å². The summed E-state index contributed by atoms with van der Waals surface area (Å²) in [5.74, 6) is -0.633. The number of hydrogen-bond donors (Lipinski definition) is 1. The van der Waals surface area contributed by atoms with E-state index in [1.807, 2.05) is 0 Å². The molecule has 1 fully saturated rings. The van der Waals surface area contributed by atoms with Gasteiger partial charge in [-0.2, -0.15) is 4.31 Å². The lowest BCUT2D eigenvalue weighted by atomic mass is 10.2. The Labute approximate surface area is 117 Å². The molecule has 0 saturated carbocycles. The molecule has 0 bridgehead atoms. The van der Waals surface area contributed by atoms with E-state index in [1.165, 1.54) is 10.4 Å². The molecule has 7 heteroatoms. The Morgan fingerprint density at radius 1 is 1.32 bits per heavy atom. The first-order valence-electron chi connectivity index (χ1n) is 6.15. The molecule has 1 aliphatic rings. The quantitative estimate of drug-likeness (QED) is 0.912. The van der Waals surface area contributed by atoms with Gasteiger partial charge >= 0.3 is 0 Å². The molecule has 1 heterocycles. The van der Waals surface area contributed by atoms with Crippen molar-refractivity contribution in [3.05, 3.63) is 29.0 Å². The first kappa shape index (κ1) is 14.7. The third-order valence-electron chi connectivity index (χ3n) is 3.23. The fourth-order valence-corrected chi connectivity index (χ4v) is 4.28. The summed E-state index contributed by atoms with van der Waals surface area (Å²) in [5, 5.41) is 0.0119. The molecule has 1 atom stereocenters. The summed E-state index contributed by atoms with van der Waals surface area (Å²) in [6, 6.07) is 3.31. The minimum atomic E-state index is -3.85. The van der Waals surface area contributed by atoms with Crippen LogP contribution in [0.2, 0.25) is 5.02 Å². The van der Waals surface area contributed by atoms with E-state index >= 15 is 0 Å². The molecule has 4 nitrogen and oxygen atoms in total. The van der Waals surface area contributed by atoms with Crippen molar-refractivity contribution in [2.45, 2.75) is 36.7 Å². The molecule has 0 spiro atoms. The molecular formula is C12H16ClFN2O2S. The maximum Gasteiger partial charge on any atom is 0.246 e. The van der Waals surface area contributed by atoms with E-state index in [0.717, 1.165) is 31.4 Å². The molecule has 1 aromatic carbocycles. The highest BCUT2D eigenvalue weighted by atomic mass is 35.5. The fraction of sp³-hybridized carbons (Fsp3) is 0.500. The zero-order valence-corrected chi connectivity index (χ0v) is 11.9. The maximum atomic E-state index is 13.2. The van der Waals surface area contributed by atoms with Crippen molar-refractivity contribution in [3.63, 3.8) is 0 Å². The normalized spacial score (nSPS) is 22.2. The average molecular weight is 307 g/mol. The van der Waals surface area contributed by atoms with E-state index in [4.69, 9.17) is 17.3 Å². The van der Waals surface area contributed by atoms with Gasteiger partial charge in [-0.15, -0.1) is 0 Å². The van der Waals surface area contributed by atoms with Crippen molar-refractivity contribution in [2.24, 2.45) is 5.73 Å². The topological polar surface area (TPSA) is 63.4 Å². The van der Waals surface area contributed by atoms with Gasteiger partial charge in [-0.25, -0.2) is 12.8 Å². The number of sulfonamides is 1. The van der Waals surface area contributed by atoms with Crippen LogP contribution in [0.4, 0.5) is 4.39 Å². The van der Waals surface area contributed by atoms with Gasteiger partial charge in [-0.1, -0.05) is 24.4 Å². The molecule has 0 radical (unpaired) electrons. The van der Waals surface area contributed by atoms with Crippen molar-refractivity contribution < 1.29 is 12.8 Å². The first-order valence-corrected chi connectivity index (χ1v) is 7.97. The SMILES string of the molecule is NC1CCCCCN1S(=O)(=O)c1cc(F)ccc1Cl. The van der Waals surface area contributed by atoms with Crippen molar-refractivity contribution in [3.8, 4) is 0 Å². The molecule has 0 aromatic heterocycles. The molecule has 19 heavy (non-hydrogen) atoms. The predicted octanol–water partition coefficient (Wildman–Crippen LogP) is 2.33. The smallest absolute Gasteiger partial charge is 0.246 e. The summed E-state index contributed by atoms with van der Waals surface area (Å²) in [6.45, 7) is 0.344. The molecule has 0 amide bonds. The van der Waals surface area contributed by atoms with Crippen LogP contribution in [0, 0.1) is 5.82 Å². The van der Waals surface area contributed by atoms with E-state index in [-0.39, 0.29) is 9.92 Å². The minimum Gasteiger partial charge on any atom is -0.315 e. The Balaban J connectivity index is 2.43. The molecule has 1 unspecified atom stereocenters. The summed E-state index contributed by atoms with van der Waals surface area (Å²) in [5.41, 5.74) is 5.90. The summed E-state index contributed by atoms with van der Waals surface area (Å²) < 4.78 is 39.5. The highest BCUT2D eigenvalue weighted by Gasteiger charge is 2.32. The number of hydrogen-bond acceptors (Lipinski definition) is 3. The fourth-order valence-electron chi connectivity index (χ4n) is 2.21.